The molecule has 0 amide bonds. The largest absolute Gasteiger partial charge is 0.388 e. The molecule has 4 nitrogen and oxygen atoms in total. The summed E-state index contributed by atoms with van der Waals surface area (Å²) in [5, 5.41) is 11.0. The summed E-state index contributed by atoms with van der Waals surface area (Å²) in [4.78, 5) is 0. The molecule has 0 spiro atoms. The first-order valence-electron chi connectivity index (χ1n) is 10.5. The maximum absolute atomic E-state index is 11.0. The summed E-state index contributed by atoms with van der Waals surface area (Å²) in [6.45, 7) is 1.03. The molecule has 0 aliphatic rings. The second kappa shape index (κ2) is 10.7. The van der Waals surface area contributed by atoms with Crippen LogP contribution in [0.4, 0.5) is 0 Å². The number of hydrogen-bond acceptors (Lipinski definition) is 3. The Morgan fingerprint density at radius 1 is 0.677 bits per heavy atom. The van der Waals surface area contributed by atoms with Gasteiger partial charge < -0.3 is 19.1 Å². The van der Waals surface area contributed by atoms with E-state index in [1.807, 2.05) is 109 Å². The lowest BCUT2D eigenvalue weighted by atomic mass is 10.1. The molecule has 0 radical (unpaired) electrons. The van der Waals surface area contributed by atoms with E-state index in [-0.39, 0.29) is 6.61 Å². The van der Waals surface area contributed by atoms with Crippen LogP contribution in [-0.2, 0) is 22.7 Å². The van der Waals surface area contributed by atoms with Crippen LogP contribution in [0.25, 0.3) is 5.69 Å². The molecule has 0 saturated heterocycles. The molecule has 0 aliphatic carbocycles. The maximum atomic E-state index is 11.0. The smallest absolute Gasteiger partial charge is 0.126 e. The van der Waals surface area contributed by atoms with Gasteiger partial charge in [0.2, 0.25) is 0 Å². The Bertz CT molecular complexity index is 1030. The third-order valence-electron chi connectivity index (χ3n) is 5.13. The predicted molar refractivity (Wildman–Crippen MR) is 122 cm³/mol. The number of benzene rings is 3. The fourth-order valence-electron chi connectivity index (χ4n) is 3.56. The summed E-state index contributed by atoms with van der Waals surface area (Å²) in [6.07, 6.45) is 0.636. The van der Waals surface area contributed by atoms with Crippen LogP contribution in [0.3, 0.4) is 0 Å². The minimum Gasteiger partial charge on any atom is -0.388 e. The summed E-state index contributed by atoms with van der Waals surface area (Å²) in [6, 6.07) is 34.0. The number of ether oxygens (including phenoxy) is 2. The topological polar surface area (TPSA) is 43.6 Å². The van der Waals surface area contributed by atoms with Crippen molar-refractivity contribution in [2.24, 2.45) is 0 Å². The van der Waals surface area contributed by atoms with E-state index in [9.17, 15) is 5.11 Å². The highest BCUT2D eigenvalue weighted by Crippen LogP contribution is 2.27. The van der Waals surface area contributed by atoms with Crippen LogP contribution in [0.1, 0.15) is 22.9 Å². The number of hydrogen-bond donors (Lipinski definition) is 1. The Labute approximate surface area is 183 Å². The van der Waals surface area contributed by atoms with Crippen molar-refractivity contribution < 1.29 is 14.6 Å². The van der Waals surface area contributed by atoms with Crippen molar-refractivity contribution >= 4 is 0 Å². The molecule has 1 aromatic heterocycles. The van der Waals surface area contributed by atoms with Crippen molar-refractivity contribution in [3.8, 4) is 5.69 Å². The Balaban J connectivity index is 1.51. The fourth-order valence-corrected chi connectivity index (χ4v) is 3.56. The average molecular weight is 414 g/mol. The SMILES string of the molecule is O[C@H](COCc1ccccc1)[C@@H](OCc1ccccc1)c1cccn1-c1ccccc1. The van der Waals surface area contributed by atoms with Gasteiger partial charge in [0.25, 0.3) is 0 Å². The van der Waals surface area contributed by atoms with E-state index in [2.05, 4.69) is 4.57 Å². The molecule has 1 N–H and O–H groups in total. The highest BCUT2D eigenvalue weighted by molar-refractivity contribution is 5.35. The normalized spacial score (nSPS) is 13.1. The lowest BCUT2D eigenvalue weighted by Gasteiger charge is -2.25. The first-order chi connectivity index (χ1) is 15.3. The zero-order valence-corrected chi connectivity index (χ0v) is 17.4. The zero-order valence-electron chi connectivity index (χ0n) is 17.4. The zero-order chi connectivity index (χ0) is 21.3. The van der Waals surface area contributed by atoms with Crippen LogP contribution >= 0.6 is 0 Å². The molecule has 0 fully saturated rings. The summed E-state index contributed by atoms with van der Waals surface area (Å²) in [5.41, 5.74) is 4.04. The van der Waals surface area contributed by atoms with Gasteiger partial charge in [0, 0.05) is 11.9 Å². The third-order valence-corrected chi connectivity index (χ3v) is 5.13. The van der Waals surface area contributed by atoms with E-state index >= 15 is 0 Å². The first kappa shape index (κ1) is 21.1. The Kier molecular flexibility index (Phi) is 7.29. The Morgan fingerprint density at radius 2 is 1.26 bits per heavy atom. The molecule has 0 aliphatic heterocycles. The lowest BCUT2D eigenvalue weighted by molar-refractivity contribution is -0.0852. The Morgan fingerprint density at radius 3 is 1.90 bits per heavy atom. The number of nitrogens with zero attached hydrogens (tertiary/aromatic N) is 1. The van der Waals surface area contributed by atoms with Crippen molar-refractivity contribution in [3.05, 3.63) is 126 Å². The molecule has 0 saturated carbocycles. The van der Waals surface area contributed by atoms with Crippen molar-refractivity contribution in [2.45, 2.75) is 25.4 Å². The van der Waals surface area contributed by atoms with Crippen LogP contribution in [-0.4, -0.2) is 22.4 Å². The van der Waals surface area contributed by atoms with Crippen LogP contribution in [0.2, 0.25) is 0 Å². The molecular formula is C27H27NO3. The molecule has 158 valence electrons. The third kappa shape index (κ3) is 5.70. The molecule has 4 aromatic rings. The van der Waals surface area contributed by atoms with Crippen molar-refractivity contribution in [1.82, 2.24) is 4.57 Å². The molecule has 31 heavy (non-hydrogen) atoms. The second-order valence-corrected chi connectivity index (χ2v) is 7.42. The van der Waals surface area contributed by atoms with Crippen LogP contribution in [0.15, 0.2) is 109 Å². The van der Waals surface area contributed by atoms with Gasteiger partial charge in [-0.2, -0.15) is 0 Å². The van der Waals surface area contributed by atoms with Crippen molar-refractivity contribution in [1.29, 1.82) is 0 Å². The van der Waals surface area contributed by atoms with Crippen molar-refractivity contribution in [2.75, 3.05) is 6.61 Å². The van der Waals surface area contributed by atoms with Gasteiger partial charge in [0.15, 0.2) is 0 Å². The standard InChI is InChI=1S/C27H27NO3/c29-26(21-30-19-22-11-4-1-5-12-22)27(31-20-23-13-6-2-7-14-23)25-17-10-18-28(25)24-15-8-3-9-16-24/h1-18,26-27,29H,19-21H2/t26-,27+/m1/s1. The van der Waals surface area contributed by atoms with Gasteiger partial charge in [-0.25, -0.2) is 0 Å². The molecular weight excluding hydrogens is 386 g/mol. The van der Waals surface area contributed by atoms with E-state index in [0.29, 0.717) is 13.2 Å². The van der Waals surface area contributed by atoms with Crippen LogP contribution < -0.4 is 0 Å². The van der Waals surface area contributed by atoms with Gasteiger partial charge in [0.1, 0.15) is 12.2 Å². The van der Waals surface area contributed by atoms with Gasteiger partial charge in [0.05, 0.1) is 25.5 Å². The number of rotatable bonds is 10. The van der Waals surface area contributed by atoms with E-state index in [1.165, 1.54) is 0 Å². The minimum absolute atomic E-state index is 0.175. The summed E-state index contributed by atoms with van der Waals surface area (Å²) >= 11 is 0. The quantitative estimate of drug-likeness (QED) is 0.383. The highest BCUT2D eigenvalue weighted by atomic mass is 16.5. The summed E-state index contributed by atoms with van der Waals surface area (Å²) in [7, 11) is 0. The summed E-state index contributed by atoms with van der Waals surface area (Å²) < 4.78 is 14.1. The van der Waals surface area contributed by atoms with Crippen LogP contribution in [0.5, 0.6) is 0 Å². The van der Waals surface area contributed by atoms with E-state index in [1.54, 1.807) is 0 Å². The predicted octanol–water partition coefficient (Wildman–Crippen LogP) is 5.31. The number of para-hydroxylation sites is 1. The minimum atomic E-state index is -0.815. The number of aliphatic hydroxyl groups excluding tert-OH is 1. The van der Waals surface area contributed by atoms with Crippen LogP contribution in [0, 0.1) is 0 Å². The highest BCUT2D eigenvalue weighted by Gasteiger charge is 2.25. The molecule has 2 atom stereocenters. The molecule has 3 aromatic carbocycles. The average Bonchev–Trinajstić information content (AvgIpc) is 3.31. The van der Waals surface area contributed by atoms with E-state index < -0.39 is 12.2 Å². The number of aliphatic hydroxyl groups is 1. The van der Waals surface area contributed by atoms with E-state index in [0.717, 1.165) is 22.5 Å². The molecule has 0 unspecified atom stereocenters. The lowest BCUT2D eigenvalue weighted by Crippen LogP contribution is -2.28. The molecule has 1 heterocycles. The van der Waals surface area contributed by atoms with Crippen molar-refractivity contribution in [3.63, 3.8) is 0 Å². The first-order valence-corrected chi connectivity index (χ1v) is 10.5. The van der Waals surface area contributed by atoms with Gasteiger partial charge >= 0.3 is 0 Å². The maximum Gasteiger partial charge on any atom is 0.126 e. The van der Waals surface area contributed by atoms with Gasteiger partial charge in [-0.05, 0) is 35.4 Å². The second-order valence-electron chi connectivity index (χ2n) is 7.42. The van der Waals surface area contributed by atoms with Gasteiger partial charge in [-0.3, -0.25) is 0 Å². The fraction of sp³-hybridized carbons (Fsp3) is 0.185. The van der Waals surface area contributed by atoms with Gasteiger partial charge in [-0.15, -0.1) is 0 Å². The number of aromatic nitrogens is 1. The van der Waals surface area contributed by atoms with E-state index in [4.69, 9.17) is 9.47 Å². The molecule has 0 bridgehead atoms. The summed E-state index contributed by atoms with van der Waals surface area (Å²) in [5.74, 6) is 0. The molecule has 4 heteroatoms. The monoisotopic (exact) mass is 413 g/mol. The Hall–Kier alpha value is -3.18. The van der Waals surface area contributed by atoms with Gasteiger partial charge in [-0.1, -0.05) is 78.9 Å². The molecule has 4 rings (SSSR count).